The largest absolute Gasteiger partial charge is 0.497 e. The van der Waals surface area contributed by atoms with E-state index in [1.807, 2.05) is 31.2 Å². The number of hydrogen-bond donors (Lipinski definition) is 2. The van der Waals surface area contributed by atoms with Gasteiger partial charge in [0.05, 0.1) is 13.2 Å². The van der Waals surface area contributed by atoms with Gasteiger partial charge in [0.25, 0.3) is 0 Å². The Hall–Kier alpha value is -1.71. The quantitative estimate of drug-likeness (QED) is 0.580. The first kappa shape index (κ1) is 11.4. The summed E-state index contributed by atoms with van der Waals surface area (Å²) in [7, 11) is 3.31. The Bertz CT molecular complexity index is 332. The van der Waals surface area contributed by atoms with Crippen molar-refractivity contribution < 1.29 is 4.74 Å². The molecule has 0 bridgehead atoms. The highest BCUT2D eigenvalue weighted by molar-refractivity contribution is 5.78. The zero-order chi connectivity index (χ0) is 11.3. The van der Waals surface area contributed by atoms with Gasteiger partial charge < -0.3 is 15.8 Å². The standard InChI is InChI=1S/C11H17N3O/c1-8(14-11(12)13-2)9-4-6-10(15-3)7-5-9/h4-8H,1-3H3,(H3,12,13,14). The van der Waals surface area contributed by atoms with Gasteiger partial charge in [0, 0.05) is 7.05 Å². The highest BCUT2D eigenvalue weighted by Gasteiger charge is 2.05. The highest BCUT2D eigenvalue weighted by Crippen LogP contribution is 2.16. The van der Waals surface area contributed by atoms with Gasteiger partial charge in [0.1, 0.15) is 5.75 Å². The maximum Gasteiger partial charge on any atom is 0.188 e. The lowest BCUT2D eigenvalue weighted by atomic mass is 10.1. The molecule has 15 heavy (non-hydrogen) atoms. The van der Waals surface area contributed by atoms with Crippen molar-refractivity contribution in [3.63, 3.8) is 0 Å². The van der Waals surface area contributed by atoms with Crippen molar-refractivity contribution in [2.75, 3.05) is 14.2 Å². The molecule has 1 unspecified atom stereocenters. The van der Waals surface area contributed by atoms with E-state index in [4.69, 9.17) is 10.5 Å². The third-order valence-corrected chi connectivity index (χ3v) is 2.22. The fraction of sp³-hybridized carbons (Fsp3) is 0.364. The number of guanidine groups is 1. The molecule has 0 radical (unpaired) electrons. The van der Waals surface area contributed by atoms with Crippen molar-refractivity contribution in [1.29, 1.82) is 0 Å². The number of ether oxygens (including phenoxy) is 1. The summed E-state index contributed by atoms with van der Waals surface area (Å²) in [6, 6.07) is 7.98. The van der Waals surface area contributed by atoms with Gasteiger partial charge in [-0.15, -0.1) is 0 Å². The van der Waals surface area contributed by atoms with Crippen LogP contribution in [-0.4, -0.2) is 20.1 Å². The minimum atomic E-state index is 0.139. The second-order valence-corrected chi connectivity index (χ2v) is 3.25. The first-order valence-electron chi connectivity index (χ1n) is 4.80. The summed E-state index contributed by atoms with van der Waals surface area (Å²) in [6.45, 7) is 2.03. The summed E-state index contributed by atoms with van der Waals surface area (Å²) in [6.07, 6.45) is 0. The van der Waals surface area contributed by atoms with Crippen LogP contribution in [0, 0.1) is 0 Å². The van der Waals surface area contributed by atoms with Crippen molar-refractivity contribution in [2.45, 2.75) is 13.0 Å². The molecule has 0 aliphatic carbocycles. The summed E-state index contributed by atoms with van der Waals surface area (Å²) >= 11 is 0. The Morgan fingerprint density at radius 2 is 2.00 bits per heavy atom. The first-order valence-corrected chi connectivity index (χ1v) is 4.80. The predicted molar refractivity (Wildman–Crippen MR) is 62.1 cm³/mol. The van der Waals surface area contributed by atoms with E-state index < -0.39 is 0 Å². The van der Waals surface area contributed by atoms with Crippen LogP contribution in [-0.2, 0) is 0 Å². The number of nitrogens with two attached hydrogens (primary N) is 1. The topological polar surface area (TPSA) is 59.6 Å². The van der Waals surface area contributed by atoms with Crippen LogP contribution in [0.15, 0.2) is 29.3 Å². The minimum absolute atomic E-state index is 0.139. The van der Waals surface area contributed by atoms with E-state index in [9.17, 15) is 0 Å². The molecule has 0 amide bonds. The molecule has 3 N–H and O–H groups in total. The van der Waals surface area contributed by atoms with Crippen LogP contribution in [0.3, 0.4) is 0 Å². The fourth-order valence-corrected chi connectivity index (χ4v) is 1.26. The normalized spacial score (nSPS) is 13.4. The molecular weight excluding hydrogens is 190 g/mol. The summed E-state index contributed by atoms with van der Waals surface area (Å²) in [5.41, 5.74) is 6.72. The van der Waals surface area contributed by atoms with Crippen LogP contribution in [0.4, 0.5) is 0 Å². The van der Waals surface area contributed by atoms with E-state index in [2.05, 4.69) is 10.3 Å². The zero-order valence-corrected chi connectivity index (χ0v) is 9.32. The smallest absolute Gasteiger partial charge is 0.188 e. The van der Waals surface area contributed by atoms with E-state index in [1.54, 1.807) is 14.2 Å². The van der Waals surface area contributed by atoms with Gasteiger partial charge in [-0.1, -0.05) is 12.1 Å². The van der Waals surface area contributed by atoms with Crippen molar-refractivity contribution in [2.24, 2.45) is 10.7 Å². The molecular formula is C11H17N3O. The van der Waals surface area contributed by atoms with Crippen LogP contribution in [0.25, 0.3) is 0 Å². The lowest BCUT2D eigenvalue weighted by Crippen LogP contribution is -2.33. The Kier molecular flexibility index (Phi) is 3.97. The molecule has 0 heterocycles. The van der Waals surface area contributed by atoms with Gasteiger partial charge in [-0.25, -0.2) is 0 Å². The average Bonchev–Trinajstić information content (AvgIpc) is 2.29. The van der Waals surface area contributed by atoms with Gasteiger partial charge >= 0.3 is 0 Å². The number of nitrogens with zero attached hydrogens (tertiary/aromatic N) is 1. The summed E-state index contributed by atoms with van der Waals surface area (Å²) in [4.78, 5) is 3.85. The van der Waals surface area contributed by atoms with Crippen molar-refractivity contribution >= 4 is 5.96 Å². The molecule has 1 rings (SSSR count). The number of nitrogens with one attached hydrogen (secondary N) is 1. The highest BCUT2D eigenvalue weighted by atomic mass is 16.5. The Balaban J connectivity index is 2.69. The lowest BCUT2D eigenvalue weighted by Gasteiger charge is -2.14. The summed E-state index contributed by atoms with van der Waals surface area (Å²) in [5, 5.41) is 3.07. The van der Waals surface area contributed by atoms with Crippen molar-refractivity contribution in [1.82, 2.24) is 5.32 Å². The molecule has 4 heteroatoms. The molecule has 82 valence electrons. The number of benzene rings is 1. The molecule has 1 aromatic rings. The molecule has 0 saturated carbocycles. The third-order valence-electron chi connectivity index (χ3n) is 2.22. The van der Waals surface area contributed by atoms with E-state index in [-0.39, 0.29) is 6.04 Å². The fourth-order valence-electron chi connectivity index (χ4n) is 1.26. The lowest BCUT2D eigenvalue weighted by molar-refractivity contribution is 0.414. The molecule has 4 nitrogen and oxygen atoms in total. The maximum absolute atomic E-state index is 5.58. The van der Waals surface area contributed by atoms with E-state index in [0.29, 0.717) is 5.96 Å². The third kappa shape index (κ3) is 3.16. The molecule has 0 aromatic heterocycles. The van der Waals surface area contributed by atoms with Gasteiger partial charge in [-0.2, -0.15) is 0 Å². The second-order valence-electron chi connectivity index (χ2n) is 3.25. The van der Waals surface area contributed by atoms with Crippen LogP contribution < -0.4 is 15.8 Å². The predicted octanol–water partition coefficient (Wildman–Crippen LogP) is 1.29. The average molecular weight is 207 g/mol. The number of aliphatic imine (C=N–C) groups is 1. The van der Waals surface area contributed by atoms with E-state index >= 15 is 0 Å². The molecule has 0 aliphatic rings. The Labute approximate surface area is 90.2 Å². The molecule has 1 atom stereocenters. The molecule has 0 spiro atoms. The zero-order valence-electron chi connectivity index (χ0n) is 9.32. The molecule has 1 aromatic carbocycles. The number of methoxy groups -OCH3 is 1. The van der Waals surface area contributed by atoms with Crippen LogP contribution in [0.2, 0.25) is 0 Å². The van der Waals surface area contributed by atoms with E-state index in [0.717, 1.165) is 11.3 Å². The minimum Gasteiger partial charge on any atom is -0.497 e. The Morgan fingerprint density at radius 3 is 2.47 bits per heavy atom. The van der Waals surface area contributed by atoms with Crippen molar-refractivity contribution in [3.05, 3.63) is 29.8 Å². The molecule has 0 saturated heterocycles. The van der Waals surface area contributed by atoms with E-state index in [1.165, 1.54) is 0 Å². The monoisotopic (exact) mass is 207 g/mol. The van der Waals surface area contributed by atoms with Gasteiger partial charge in [-0.3, -0.25) is 4.99 Å². The van der Waals surface area contributed by atoms with Gasteiger partial charge in [0.2, 0.25) is 0 Å². The SMILES string of the molecule is CN=C(N)NC(C)c1ccc(OC)cc1. The maximum atomic E-state index is 5.58. The second kappa shape index (κ2) is 5.24. The summed E-state index contributed by atoms with van der Waals surface area (Å²) in [5.74, 6) is 1.29. The number of rotatable bonds is 3. The molecule has 0 aliphatic heterocycles. The van der Waals surface area contributed by atoms with Crippen LogP contribution in [0.5, 0.6) is 5.75 Å². The number of hydrogen-bond acceptors (Lipinski definition) is 2. The Morgan fingerprint density at radius 1 is 1.40 bits per heavy atom. The van der Waals surface area contributed by atoms with Crippen LogP contribution in [0.1, 0.15) is 18.5 Å². The van der Waals surface area contributed by atoms with Gasteiger partial charge in [-0.05, 0) is 24.6 Å². The molecule has 0 fully saturated rings. The first-order chi connectivity index (χ1) is 7.17. The summed E-state index contributed by atoms with van der Waals surface area (Å²) < 4.78 is 5.08. The van der Waals surface area contributed by atoms with Gasteiger partial charge in [0.15, 0.2) is 5.96 Å². The van der Waals surface area contributed by atoms with Crippen molar-refractivity contribution in [3.8, 4) is 5.75 Å². The van der Waals surface area contributed by atoms with Crippen LogP contribution >= 0.6 is 0 Å².